The second-order valence-electron chi connectivity index (χ2n) is 10.6. The third-order valence-electron chi connectivity index (χ3n) is 7.85. The number of hydrazine groups is 2. The summed E-state index contributed by atoms with van der Waals surface area (Å²) in [4.78, 5) is 24.6. The maximum absolute atomic E-state index is 12.3. The van der Waals surface area contributed by atoms with Crippen LogP contribution < -0.4 is 41.8 Å². The van der Waals surface area contributed by atoms with Gasteiger partial charge in [-0.05, 0) is 118 Å². The number of ether oxygens (including phenoxy) is 2. The van der Waals surface area contributed by atoms with Gasteiger partial charge in [0.15, 0.2) is 0 Å². The Hall–Kier alpha value is -3.82. The molecule has 0 aromatic heterocycles. The van der Waals surface area contributed by atoms with Crippen LogP contribution in [0.2, 0.25) is 0 Å². The number of nitrogens with one attached hydrogen (secondary N) is 6. The summed E-state index contributed by atoms with van der Waals surface area (Å²) in [6, 6.07) is 14.8. The van der Waals surface area contributed by atoms with Crippen LogP contribution in [0.5, 0.6) is 11.5 Å². The van der Waals surface area contributed by atoms with Crippen LogP contribution in [0.4, 0.5) is 21.0 Å². The molecule has 0 saturated heterocycles. The van der Waals surface area contributed by atoms with Crippen LogP contribution in [0.3, 0.4) is 0 Å². The van der Waals surface area contributed by atoms with E-state index in [0.29, 0.717) is 0 Å². The highest BCUT2D eigenvalue weighted by Crippen LogP contribution is 2.35. The summed E-state index contributed by atoms with van der Waals surface area (Å²) in [7, 11) is 3.25. The van der Waals surface area contributed by atoms with Gasteiger partial charge in [-0.3, -0.25) is 21.7 Å². The first-order valence-electron chi connectivity index (χ1n) is 13.9. The lowest BCUT2D eigenvalue weighted by Crippen LogP contribution is -2.46. The molecule has 4 amide bonds. The van der Waals surface area contributed by atoms with Crippen LogP contribution in [0.15, 0.2) is 48.5 Å². The molecule has 6 N–H and O–H groups in total. The average Bonchev–Trinajstić information content (AvgIpc) is 2.97. The molecule has 2 aromatic carbocycles. The smallest absolute Gasteiger partial charge is 0.333 e. The number of benzene rings is 2. The van der Waals surface area contributed by atoms with Crippen molar-refractivity contribution in [2.45, 2.75) is 69.9 Å². The standard InChI is InChI=1S/C29H42N6O4/c1-38-26-15-11-24(12-16-26)32-34-28(36)30-22-7-3-20(4-8-22)19-21-5-9-23(10-6-21)31-29(37)35-33-25-13-17-27(39-2)18-14-25/h11-18,20-23,32-33H,3-10,19H2,1-2H3,(H2,30,34,36)(H2,31,35,37). The van der Waals surface area contributed by atoms with E-state index in [-0.39, 0.29) is 24.1 Å². The number of amides is 4. The van der Waals surface area contributed by atoms with E-state index in [1.165, 1.54) is 6.42 Å². The predicted molar refractivity (Wildman–Crippen MR) is 153 cm³/mol. The molecule has 2 saturated carbocycles. The normalized spacial score (nSPS) is 22.6. The molecule has 2 aliphatic rings. The molecular formula is C29H42N6O4. The van der Waals surface area contributed by atoms with E-state index in [1.807, 2.05) is 48.5 Å². The fourth-order valence-electron chi connectivity index (χ4n) is 5.61. The van der Waals surface area contributed by atoms with Crippen LogP contribution in [0.1, 0.15) is 57.8 Å². The molecule has 4 rings (SSSR count). The zero-order chi connectivity index (χ0) is 27.5. The van der Waals surface area contributed by atoms with Gasteiger partial charge in [0.05, 0.1) is 25.6 Å². The van der Waals surface area contributed by atoms with Crippen molar-refractivity contribution >= 4 is 23.4 Å². The molecule has 2 fully saturated rings. The highest BCUT2D eigenvalue weighted by molar-refractivity contribution is 5.76. The van der Waals surface area contributed by atoms with Crippen molar-refractivity contribution in [3.05, 3.63) is 48.5 Å². The lowest BCUT2D eigenvalue weighted by atomic mass is 9.76. The van der Waals surface area contributed by atoms with Crippen LogP contribution in [-0.2, 0) is 0 Å². The molecule has 0 spiro atoms. The summed E-state index contributed by atoms with van der Waals surface area (Å²) in [6.07, 6.45) is 9.89. The molecule has 212 valence electrons. The van der Waals surface area contributed by atoms with Gasteiger partial charge >= 0.3 is 12.1 Å². The van der Waals surface area contributed by atoms with Crippen molar-refractivity contribution < 1.29 is 19.1 Å². The van der Waals surface area contributed by atoms with Crippen LogP contribution in [-0.4, -0.2) is 38.4 Å². The fourth-order valence-corrected chi connectivity index (χ4v) is 5.61. The number of hydrogen-bond acceptors (Lipinski definition) is 6. The predicted octanol–water partition coefficient (Wildman–Crippen LogP) is 5.16. The van der Waals surface area contributed by atoms with Gasteiger partial charge in [0.25, 0.3) is 0 Å². The highest BCUT2D eigenvalue weighted by atomic mass is 16.5. The van der Waals surface area contributed by atoms with Crippen LogP contribution in [0.25, 0.3) is 0 Å². The number of carbonyl (C=O) groups is 2. The molecule has 0 heterocycles. The van der Waals surface area contributed by atoms with E-state index < -0.39 is 0 Å². The van der Waals surface area contributed by atoms with Gasteiger partial charge in [-0.15, -0.1) is 0 Å². The third kappa shape index (κ3) is 9.15. The minimum absolute atomic E-state index is 0.205. The van der Waals surface area contributed by atoms with Crippen molar-refractivity contribution in [1.29, 1.82) is 0 Å². The van der Waals surface area contributed by atoms with Crippen LogP contribution >= 0.6 is 0 Å². The molecule has 10 heteroatoms. The second kappa shape index (κ2) is 14.4. The molecule has 0 bridgehead atoms. The molecule has 0 unspecified atom stereocenters. The van der Waals surface area contributed by atoms with Gasteiger partial charge in [-0.2, -0.15) is 0 Å². The Kier molecular flexibility index (Phi) is 10.4. The summed E-state index contributed by atoms with van der Waals surface area (Å²) < 4.78 is 10.3. The van der Waals surface area contributed by atoms with Crippen molar-refractivity contribution in [3.63, 3.8) is 0 Å². The maximum Gasteiger partial charge on any atom is 0.333 e. The van der Waals surface area contributed by atoms with Crippen molar-refractivity contribution in [1.82, 2.24) is 21.5 Å². The summed E-state index contributed by atoms with van der Waals surface area (Å²) >= 11 is 0. The van der Waals surface area contributed by atoms with Gasteiger partial charge in [0.2, 0.25) is 0 Å². The van der Waals surface area contributed by atoms with E-state index in [0.717, 1.165) is 86.1 Å². The van der Waals surface area contributed by atoms with E-state index in [4.69, 9.17) is 9.47 Å². The van der Waals surface area contributed by atoms with E-state index in [9.17, 15) is 9.59 Å². The maximum atomic E-state index is 12.3. The third-order valence-corrected chi connectivity index (χ3v) is 7.85. The Morgan fingerprint density at radius 3 is 1.31 bits per heavy atom. The van der Waals surface area contributed by atoms with Crippen molar-refractivity contribution in [3.8, 4) is 11.5 Å². The molecule has 2 aromatic rings. The summed E-state index contributed by atoms with van der Waals surface area (Å²) in [5.74, 6) is 2.98. The van der Waals surface area contributed by atoms with Gasteiger partial charge in [0.1, 0.15) is 11.5 Å². The Morgan fingerprint density at radius 1 is 0.615 bits per heavy atom. The largest absolute Gasteiger partial charge is 0.497 e. The molecule has 10 nitrogen and oxygen atoms in total. The monoisotopic (exact) mass is 538 g/mol. The minimum Gasteiger partial charge on any atom is -0.497 e. The summed E-state index contributed by atoms with van der Waals surface area (Å²) in [5.41, 5.74) is 12.9. The number of rotatable bonds is 10. The Labute approximate surface area is 230 Å². The number of hydrogen-bond donors (Lipinski definition) is 6. The molecule has 0 radical (unpaired) electrons. The Balaban J connectivity index is 1.06. The molecular weight excluding hydrogens is 496 g/mol. The summed E-state index contributed by atoms with van der Waals surface area (Å²) in [5, 5.41) is 6.18. The Morgan fingerprint density at radius 2 is 0.974 bits per heavy atom. The first-order valence-corrected chi connectivity index (χ1v) is 13.9. The Bertz CT molecular complexity index is 949. The highest BCUT2D eigenvalue weighted by Gasteiger charge is 2.28. The van der Waals surface area contributed by atoms with Gasteiger partial charge in [0, 0.05) is 12.1 Å². The molecule has 2 aliphatic carbocycles. The number of methoxy groups -OCH3 is 2. The van der Waals surface area contributed by atoms with Gasteiger partial charge in [-0.1, -0.05) is 0 Å². The molecule has 0 atom stereocenters. The second-order valence-corrected chi connectivity index (χ2v) is 10.6. The first-order chi connectivity index (χ1) is 19.0. The lowest BCUT2D eigenvalue weighted by molar-refractivity contribution is 0.199. The van der Waals surface area contributed by atoms with Crippen molar-refractivity contribution in [2.24, 2.45) is 11.8 Å². The van der Waals surface area contributed by atoms with Gasteiger partial charge in [-0.25, -0.2) is 9.59 Å². The zero-order valence-electron chi connectivity index (χ0n) is 22.9. The lowest BCUT2D eigenvalue weighted by Gasteiger charge is -2.34. The topological polar surface area (TPSA) is 125 Å². The number of anilines is 2. The quantitative estimate of drug-likeness (QED) is 0.232. The minimum atomic E-state index is -0.205. The van der Waals surface area contributed by atoms with E-state index in [1.54, 1.807) is 14.2 Å². The van der Waals surface area contributed by atoms with Crippen molar-refractivity contribution in [2.75, 3.05) is 25.1 Å². The summed E-state index contributed by atoms with van der Waals surface area (Å²) in [6.45, 7) is 0. The average molecular weight is 539 g/mol. The van der Waals surface area contributed by atoms with E-state index in [2.05, 4.69) is 32.3 Å². The van der Waals surface area contributed by atoms with Gasteiger partial charge < -0.3 is 20.1 Å². The van der Waals surface area contributed by atoms with Crippen LogP contribution in [0, 0.1) is 11.8 Å². The molecule has 39 heavy (non-hydrogen) atoms. The SMILES string of the molecule is COc1ccc(NNC(=O)NC2CCC(CC3CCC(NC(=O)NNc4ccc(OC)cc4)CC3)CC2)cc1. The van der Waals surface area contributed by atoms with E-state index >= 15 is 0 Å². The number of carbonyl (C=O) groups excluding carboxylic acids is 2. The first kappa shape index (κ1) is 28.2. The number of urea groups is 2. The molecule has 0 aliphatic heterocycles. The zero-order valence-corrected chi connectivity index (χ0v) is 22.9. The fraction of sp³-hybridized carbons (Fsp3) is 0.517.